The smallest absolute Gasteiger partial charge is 0.306 e. The molecule has 1 aromatic heterocycles. The summed E-state index contributed by atoms with van der Waals surface area (Å²) in [7, 11) is 1.63. The number of carboxylic acids is 1. The van der Waals surface area contributed by atoms with E-state index in [4.69, 9.17) is 25.6 Å². The third kappa shape index (κ3) is 8.11. The van der Waals surface area contributed by atoms with Gasteiger partial charge in [-0.15, -0.1) is 0 Å². The predicted octanol–water partition coefficient (Wildman–Crippen LogP) is 3.80. The van der Waals surface area contributed by atoms with Crippen LogP contribution >= 0.6 is 0 Å². The SMILES string of the molecule is CN=C(N)c1ccc2c(c1)nc(COc1ccc(OC3CCN(C(C)=N)CC3)cc1)n2CC(=O)NCC1CCC(C(=O)O)CC1. The van der Waals surface area contributed by atoms with Gasteiger partial charge >= 0.3 is 5.97 Å². The lowest BCUT2D eigenvalue weighted by Gasteiger charge is -2.32. The van der Waals surface area contributed by atoms with E-state index in [1.165, 1.54) is 0 Å². The number of nitrogens with zero attached hydrogens (tertiary/aromatic N) is 4. The Labute approximate surface area is 263 Å². The number of aromatic nitrogens is 2. The molecule has 1 amide bonds. The fraction of sp³-hybridized carbons (Fsp3) is 0.485. The Balaban J connectivity index is 1.23. The molecule has 1 saturated heterocycles. The van der Waals surface area contributed by atoms with E-state index in [9.17, 15) is 14.7 Å². The Kier molecular flexibility index (Phi) is 10.2. The number of imidazole rings is 1. The van der Waals surface area contributed by atoms with Crippen LogP contribution in [0.2, 0.25) is 0 Å². The van der Waals surface area contributed by atoms with Crippen molar-refractivity contribution in [2.75, 3.05) is 26.7 Å². The van der Waals surface area contributed by atoms with Crippen LogP contribution in [0.1, 0.15) is 56.8 Å². The van der Waals surface area contributed by atoms with Gasteiger partial charge in [0.2, 0.25) is 5.91 Å². The number of hydrogen-bond donors (Lipinski definition) is 4. The van der Waals surface area contributed by atoms with Gasteiger partial charge in [-0.25, -0.2) is 4.98 Å². The van der Waals surface area contributed by atoms with Crippen LogP contribution in [0.25, 0.3) is 11.0 Å². The van der Waals surface area contributed by atoms with Crippen LogP contribution in [-0.2, 0) is 22.7 Å². The van der Waals surface area contributed by atoms with Crippen LogP contribution in [0.3, 0.4) is 0 Å². The maximum atomic E-state index is 13.1. The first-order valence-electron chi connectivity index (χ1n) is 15.6. The topological polar surface area (TPSA) is 168 Å². The first-order chi connectivity index (χ1) is 21.7. The molecule has 1 aliphatic carbocycles. The Bertz CT molecular complexity index is 1530. The second-order valence-electron chi connectivity index (χ2n) is 11.9. The monoisotopic (exact) mass is 617 g/mol. The second kappa shape index (κ2) is 14.4. The number of aliphatic carboxylic acids is 1. The molecule has 2 heterocycles. The fourth-order valence-corrected chi connectivity index (χ4v) is 6.09. The molecular formula is C33H43N7O5. The number of carbonyl (C=O) groups excluding carboxylic acids is 1. The van der Waals surface area contributed by atoms with Crippen LogP contribution < -0.4 is 20.5 Å². The standard InChI is InChI=1S/C33H43N7O5/c1-21(34)39-15-13-27(14-16-39)45-26-10-8-25(9-11-26)44-20-30-38-28-17-24(32(35)36-2)7-12-29(28)40(30)19-31(41)37-18-22-3-5-23(6-4-22)33(42)43/h7-12,17,22-23,27,34H,3-6,13-16,18-20H2,1-2H3,(H2,35,36)(H,37,41)(H,42,43). The largest absolute Gasteiger partial charge is 0.490 e. The molecule has 2 fully saturated rings. The van der Waals surface area contributed by atoms with Crippen molar-refractivity contribution in [3.8, 4) is 11.5 Å². The van der Waals surface area contributed by atoms with E-state index in [0.717, 1.165) is 55.6 Å². The molecule has 0 radical (unpaired) electrons. The van der Waals surface area contributed by atoms with Gasteiger partial charge in [0.1, 0.15) is 42.4 Å². The number of amides is 1. The zero-order chi connectivity index (χ0) is 31.9. The molecule has 240 valence electrons. The molecule has 2 aliphatic rings. The van der Waals surface area contributed by atoms with Crippen molar-refractivity contribution >= 4 is 34.6 Å². The third-order valence-electron chi connectivity index (χ3n) is 8.86. The molecule has 0 atom stereocenters. The normalized spacial score (nSPS) is 19.3. The van der Waals surface area contributed by atoms with Crippen LogP contribution in [0.5, 0.6) is 11.5 Å². The number of fused-ring (bicyclic) bond motifs is 1. The second-order valence-corrected chi connectivity index (χ2v) is 11.9. The molecule has 0 bridgehead atoms. The minimum absolute atomic E-state index is 0.0689. The summed E-state index contributed by atoms with van der Waals surface area (Å²) in [6.45, 7) is 4.21. The van der Waals surface area contributed by atoms with Gasteiger partial charge in [-0.05, 0) is 81.0 Å². The number of nitrogens with one attached hydrogen (secondary N) is 2. The summed E-state index contributed by atoms with van der Waals surface area (Å²) in [5.74, 6) is 2.14. The summed E-state index contributed by atoms with van der Waals surface area (Å²) in [5.41, 5.74) is 8.26. The van der Waals surface area contributed by atoms with E-state index < -0.39 is 5.97 Å². The number of nitrogens with two attached hydrogens (primary N) is 1. The molecule has 12 heteroatoms. The van der Waals surface area contributed by atoms with E-state index in [1.807, 2.05) is 54.0 Å². The maximum absolute atomic E-state index is 13.1. The van der Waals surface area contributed by atoms with Crippen molar-refractivity contribution < 1.29 is 24.2 Å². The molecule has 1 saturated carbocycles. The number of carbonyl (C=O) groups is 2. The molecule has 0 unspecified atom stereocenters. The molecule has 3 aromatic rings. The molecule has 12 nitrogen and oxygen atoms in total. The summed E-state index contributed by atoms with van der Waals surface area (Å²) in [6.07, 6.45) is 4.75. The van der Waals surface area contributed by atoms with Crippen LogP contribution in [0.4, 0.5) is 0 Å². The van der Waals surface area contributed by atoms with Crippen LogP contribution in [0, 0.1) is 17.2 Å². The first-order valence-corrected chi connectivity index (χ1v) is 15.6. The molecule has 1 aliphatic heterocycles. The van der Waals surface area contributed by atoms with Crippen molar-refractivity contribution in [2.24, 2.45) is 22.6 Å². The van der Waals surface area contributed by atoms with Crippen molar-refractivity contribution in [1.82, 2.24) is 19.8 Å². The van der Waals surface area contributed by atoms with Gasteiger partial charge < -0.3 is 35.1 Å². The number of piperidine rings is 1. The van der Waals surface area contributed by atoms with Crippen LogP contribution in [-0.4, -0.2) is 75.9 Å². The van der Waals surface area contributed by atoms with Gasteiger partial charge in [-0.3, -0.25) is 20.0 Å². The van der Waals surface area contributed by atoms with Crippen molar-refractivity contribution in [3.05, 3.63) is 53.9 Å². The van der Waals surface area contributed by atoms with E-state index in [1.54, 1.807) is 7.05 Å². The van der Waals surface area contributed by atoms with Crippen molar-refractivity contribution in [3.63, 3.8) is 0 Å². The molecule has 2 aromatic carbocycles. The van der Waals surface area contributed by atoms with Crippen molar-refractivity contribution in [2.45, 2.75) is 64.7 Å². The van der Waals surface area contributed by atoms with E-state index >= 15 is 0 Å². The Morgan fingerprint density at radius 3 is 2.40 bits per heavy atom. The number of benzene rings is 2. The highest BCUT2D eigenvalue weighted by Gasteiger charge is 2.26. The predicted molar refractivity (Wildman–Crippen MR) is 172 cm³/mol. The third-order valence-corrected chi connectivity index (χ3v) is 8.86. The number of carboxylic acid groups (broad SMARTS) is 1. The Hall–Kier alpha value is -4.61. The molecule has 45 heavy (non-hydrogen) atoms. The number of rotatable bonds is 11. The van der Waals surface area contributed by atoms with E-state index in [0.29, 0.717) is 48.1 Å². The highest BCUT2D eigenvalue weighted by molar-refractivity contribution is 6.00. The van der Waals surface area contributed by atoms with Crippen LogP contribution in [0.15, 0.2) is 47.5 Å². The average molecular weight is 618 g/mol. The quantitative estimate of drug-likeness (QED) is 0.186. The number of amidine groups is 2. The Morgan fingerprint density at radius 2 is 1.76 bits per heavy atom. The fourth-order valence-electron chi connectivity index (χ4n) is 6.09. The minimum Gasteiger partial charge on any atom is -0.490 e. The maximum Gasteiger partial charge on any atom is 0.306 e. The summed E-state index contributed by atoms with van der Waals surface area (Å²) in [5, 5.41) is 20.1. The van der Waals surface area contributed by atoms with Gasteiger partial charge in [0, 0.05) is 45.1 Å². The highest BCUT2D eigenvalue weighted by Crippen LogP contribution is 2.29. The lowest BCUT2D eigenvalue weighted by molar-refractivity contribution is -0.143. The number of hydrogen-bond acceptors (Lipinski definition) is 7. The van der Waals surface area contributed by atoms with Gasteiger partial charge in [0.05, 0.1) is 22.8 Å². The zero-order valence-corrected chi connectivity index (χ0v) is 26.0. The number of aliphatic imine (C=N–C) groups is 1. The zero-order valence-electron chi connectivity index (χ0n) is 26.0. The van der Waals surface area contributed by atoms with Gasteiger partial charge in [0.25, 0.3) is 0 Å². The highest BCUT2D eigenvalue weighted by atomic mass is 16.5. The molecule has 5 rings (SSSR count). The van der Waals surface area contributed by atoms with Gasteiger partial charge in [0.15, 0.2) is 0 Å². The lowest BCUT2D eigenvalue weighted by atomic mass is 9.82. The first kappa shape index (κ1) is 31.8. The minimum atomic E-state index is -0.731. The van der Waals surface area contributed by atoms with Crippen molar-refractivity contribution in [1.29, 1.82) is 5.41 Å². The summed E-state index contributed by atoms with van der Waals surface area (Å²) in [6, 6.07) is 13.1. The Morgan fingerprint density at radius 1 is 1.07 bits per heavy atom. The summed E-state index contributed by atoms with van der Waals surface area (Å²) in [4.78, 5) is 35.3. The summed E-state index contributed by atoms with van der Waals surface area (Å²) < 4.78 is 14.1. The van der Waals surface area contributed by atoms with Gasteiger partial charge in [-0.2, -0.15) is 0 Å². The summed E-state index contributed by atoms with van der Waals surface area (Å²) >= 11 is 0. The number of ether oxygens (including phenoxy) is 2. The molecule has 5 N–H and O–H groups in total. The lowest BCUT2D eigenvalue weighted by Crippen LogP contribution is -2.40. The van der Waals surface area contributed by atoms with E-state index in [-0.39, 0.29) is 37.0 Å². The number of likely N-dealkylation sites (tertiary alicyclic amines) is 1. The molecular weight excluding hydrogens is 574 g/mol. The van der Waals surface area contributed by atoms with Gasteiger partial charge in [-0.1, -0.05) is 0 Å². The van der Waals surface area contributed by atoms with E-state index in [2.05, 4.69) is 15.2 Å². The average Bonchev–Trinajstić information content (AvgIpc) is 3.39. The molecule has 0 spiro atoms.